The lowest BCUT2D eigenvalue weighted by atomic mass is 10.3. The van der Waals surface area contributed by atoms with Gasteiger partial charge in [-0.1, -0.05) is 12.1 Å². The Balaban J connectivity index is 2.05. The molecule has 0 amide bonds. The van der Waals surface area contributed by atoms with Crippen LogP contribution in [0.5, 0.6) is 0 Å². The van der Waals surface area contributed by atoms with Crippen LogP contribution >= 0.6 is 11.8 Å². The molecule has 7 nitrogen and oxygen atoms in total. The van der Waals surface area contributed by atoms with Gasteiger partial charge in [-0.25, -0.2) is 4.98 Å². The van der Waals surface area contributed by atoms with Gasteiger partial charge in [-0.05, 0) is 23.9 Å². The van der Waals surface area contributed by atoms with Crippen molar-refractivity contribution in [3.63, 3.8) is 0 Å². The van der Waals surface area contributed by atoms with Gasteiger partial charge in [-0.3, -0.25) is 9.78 Å². The number of aromatic amines is 2. The van der Waals surface area contributed by atoms with Crippen molar-refractivity contribution in [3.05, 3.63) is 34.6 Å². The number of rotatable bonds is 2. The number of anilines is 2. The van der Waals surface area contributed by atoms with E-state index in [9.17, 15) is 4.79 Å². The zero-order valence-corrected chi connectivity index (χ0v) is 10.5. The maximum absolute atomic E-state index is 11.6. The Labute approximate surface area is 111 Å². The molecule has 3 aromatic rings. The first-order valence-corrected chi connectivity index (χ1v) is 6.23. The lowest BCUT2D eigenvalue weighted by molar-refractivity contribution is 1.07. The van der Waals surface area contributed by atoms with Crippen LogP contribution in [0.2, 0.25) is 0 Å². The van der Waals surface area contributed by atoms with Crippen LogP contribution in [-0.4, -0.2) is 19.9 Å². The number of hydrogen-bond acceptors (Lipinski definition) is 6. The van der Waals surface area contributed by atoms with Crippen molar-refractivity contribution >= 4 is 34.6 Å². The number of nitrogens with two attached hydrogens (primary N) is 2. The molecule has 0 aliphatic rings. The van der Waals surface area contributed by atoms with Crippen LogP contribution in [0.15, 0.2) is 39.1 Å². The molecule has 0 spiro atoms. The van der Waals surface area contributed by atoms with E-state index >= 15 is 0 Å². The normalized spacial score (nSPS) is 10.9. The fourth-order valence-corrected chi connectivity index (χ4v) is 2.46. The number of fused-ring (bicyclic) bond motifs is 1. The molecular formula is C11H10N6OS. The molecule has 2 heterocycles. The highest BCUT2D eigenvalue weighted by Gasteiger charge is 2.10. The van der Waals surface area contributed by atoms with Crippen LogP contribution in [0.1, 0.15) is 0 Å². The molecule has 0 fully saturated rings. The standard InChI is InChI=1S/C11H10N6OS/c12-5-3-1-2-4-6(5)19-11-14-7-8(16-11)15-10(13)17-9(7)18/h1-4H,12H2,(H4,13,14,15,16,17,18). The summed E-state index contributed by atoms with van der Waals surface area (Å²) in [5, 5.41) is 0.538. The molecule has 0 aliphatic carbocycles. The van der Waals surface area contributed by atoms with Crippen LogP contribution in [0, 0.1) is 0 Å². The van der Waals surface area contributed by atoms with Crippen LogP contribution in [0.25, 0.3) is 11.2 Å². The third kappa shape index (κ3) is 2.13. The summed E-state index contributed by atoms with van der Waals surface area (Å²) >= 11 is 1.33. The van der Waals surface area contributed by atoms with Gasteiger partial charge in [0.1, 0.15) is 0 Å². The van der Waals surface area contributed by atoms with Crippen LogP contribution < -0.4 is 17.0 Å². The van der Waals surface area contributed by atoms with Crippen molar-refractivity contribution in [3.8, 4) is 0 Å². The third-order valence-electron chi connectivity index (χ3n) is 2.48. The van der Waals surface area contributed by atoms with Gasteiger partial charge in [0.05, 0.1) is 0 Å². The summed E-state index contributed by atoms with van der Waals surface area (Å²) in [6.45, 7) is 0. The third-order valence-corrected chi connectivity index (χ3v) is 3.46. The van der Waals surface area contributed by atoms with E-state index in [2.05, 4.69) is 19.9 Å². The van der Waals surface area contributed by atoms with Crippen molar-refractivity contribution in [2.24, 2.45) is 0 Å². The van der Waals surface area contributed by atoms with E-state index in [1.807, 2.05) is 18.2 Å². The molecule has 0 radical (unpaired) electrons. The Morgan fingerprint density at radius 1 is 1.11 bits per heavy atom. The number of nitrogen functional groups attached to an aromatic ring is 2. The summed E-state index contributed by atoms with van der Waals surface area (Å²) in [6, 6.07) is 7.41. The molecule has 96 valence electrons. The van der Waals surface area contributed by atoms with E-state index < -0.39 is 0 Å². The maximum Gasteiger partial charge on any atom is 0.280 e. The summed E-state index contributed by atoms with van der Waals surface area (Å²) in [5.74, 6) is 0.0527. The van der Waals surface area contributed by atoms with Gasteiger partial charge in [-0.2, -0.15) is 4.98 Å². The zero-order chi connectivity index (χ0) is 13.4. The SMILES string of the molecule is Nc1nc2[nH]c(Sc3ccccc3N)nc2c(=O)[nH]1. The molecule has 8 heteroatoms. The molecule has 0 saturated heterocycles. The average Bonchev–Trinajstić information content (AvgIpc) is 2.75. The second-order valence-electron chi connectivity index (χ2n) is 3.83. The Morgan fingerprint density at radius 2 is 1.89 bits per heavy atom. The van der Waals surface area contributed by atoms with Gasteiger partial charge in [0.15, 0.2) is 16.3 Å². The topological polar surface area (TPSA) is 126 Å². The molecule has 1 aromatic carbocycles. The van der Waals surface area contributed by atoms with E-state index in [4.69, 9.17) is 11.5 Å². The van der Waals surface area contributed by atoms with Gasteiger partial charge >= 0.3 is 0 Å². The number of aromatic nitrogens is 4. The molecule has 19 heavy (non-hydrogen) atoms. The second-order valence-corrected chi connectivity index (χ2v) is 4.86. The fraction of sp³-hybridized carbons (Fsp3) is 0. The molecule has 0 saturated carbocycles. The van der Waals surface area contributed by atoms with Crippen LogP contribution in [0.4, 0.5) is 11.6 Å². The van der Waals surface area contributed by atoms with E-state index in [0.29, 0.717) is 16.5 Å². The molecule has 0 atom stereocenters. The van der Waals surface area contributed by atoms with Crippen LogP contribution in [0.3, 0.4) is 0 Å². The number of nitrogens with one attached hydrogen (secondary N) is 2. The number of benzene rings is 1. The number of imidazole rings is 1. The second kappa shape index (κ2) is 4.32. The average molecular weight is 274 g/mol. The molecule has 2 aromatic heterocycles. The monoisotopic (exact) mass is 274 g/mol. The van der Waals surface area contributed by atoms with Crippen molar-refractivity contribution in [2.45, 2.75) is 10.1 Å². The minimum Gasteiger partial charge on any atom is -0.398 e. The highest BCUT2D eigenvalue weighted by molar-refractivity contribution is 7.99. The molecule has 0 unspecified atom stereocenters. The first-order chi connectivity index (χ1) is 9.13. The molecule has 3 rings (SSSR count). The number of nitrogens with zero attached hydrogens (tertiary/aromatic N) is 2. The summed E-state index contributed by atoms with van der Waals surface area (Å²) in [5.41, 5.74) is 12.2. The predicted octanol–water partition coefficient (Wildman–Crippen LogP) is 0.962. The number of H-pyrrole nitrogens is 2. The molecule has 6 N–H and O–H groups in total. The van der Waals surface area contributed by atoms with Crippen molar-refractivity contribution in [1.29, 1.82) is 0 Å². The smallest absolute Gasteiger partial charge is 0.280 e. The van der Waals surface area contributed by atoms with E-state index in [1.54, 1.807) is 6.07 Å². The first-order valence-electron chi connectivity index (χ1n) is 5.41. The minimum atomic E-state index is -0.369. The zero-order valence-electron chi connectivity index (χ0n) is 9.68. The Hall–Kier alpha value is -2.48. The molecular weight excluding hydrogens is 264 g/mol. The number of hydrogen-bond donors (Lipinski definition) is 4. The quantitative estimate of drug-likeness (QED) is 0.515. The predicted molar refractivity (Wildman–Crippen MR) is 73.9 cm³/mol. The largest absolute Gasteiger partial charge is 0.398 e. The highest BCUT2D eigenvalue weighted by Crippen LogP contribution is 2.30. The van der Waals surface area contributed by atoms with Gasteiger partial charge in [0.2, 0.25) is 5.95 Å². The van der Waals surface area contributed by atoms with Crippen molar-refractivity contribution < 1.29 is 0 Å². The van der Waals surface area contributed by atoms with Crippen LogP contribution in [-0.2, 0) is 0 Å². The summed E-state index contributed by atoms with van der Waals surface area (Å²) < 4.78 is 0. The number of para-hydroxylation sites is 1. The maximum atomic E-state index is 11.6. The lowest BCUT2D eigenvalue weighted by Gasteiger charge is -2.00. The van der Waals surface area contributed by atoms with Gasteiger partial charge in [0.25, 0.3) is 5.56 Å². The Morgan fingerprint density at radius 3 is 2.68 bits per heavy atom. The molecule has 0 bridgehead atoms. The Kier molecular flexibility index (Phi) is 2.64. The minimum absolute atomic E-state index is 0.0527. The van der Waals surface area contributed by atoms with E-state index in [0.717, 1.165) is 4.90 Å². The van der Waals surface area contributed by atoms with E-state index in [1.165, 1.54) is 11.8 Å². The fourth-order valence-electron chi connectivity index (χ4n) is 1.63. The van der Waals surface area contributed by atoms with Gasteiger partial charge in [0, 0.05) is 10.6 Å². The van der Waals surface area contributed by atoms with Crippen molar-refractivity contribution in [1.82, 2.24) is 19.9 Å². The lowest BCUT2D eigenvalue weighted by Crippen LogP contribution is -2.10. The Bertz CT molecular complexity index is 808. The first kappa shape index (κ1) is 11.6. The van der Waals surface area contributed by atoms with E-state index in [-0.39, 0.29) is 17.0 Å². The summed E-state index contributed by atoms with van der Waals surface area (Å²) in [7, 11) is 0. The van der Waals surface area contributed by atoms with Gasteiger partial charge in [-0.15, -0.1) is 0 Å². The summed E-state index contributed by atoms with van der Waals surface area (Å²) in [4.78, 5) is 26.0. The van der Waals surface area contributed by atoms with Gasteiger partial charge < -0.3 is 16.5 Å². The molecule has 0 aliphatic heterocycles. The highest BCUT2D eigenvalue weighted by atomic mass is 32.2. The van der Waals surface area contributed by atoms with Crippen molar-refractivity contribution in [2.75, 3.05) is 11.5 Å². The summed E-state index contributed by atoms with van der Waals surface area (Å²) in [6.07, 6.45) is 0.